The maximum Gasteiger partial charge on any atom is 0.257 e. The number of carbonyl (C=O) groups is 3. The number of anilines is 2. The van der Waals surface area contributed by atoms with Gasteiger partial charge in [0.2, 0.25) is 11.8 Å². The molecule has 0 N–H and O–H groups in total. The Morgan fingerprint density at radius 3 is 2.65 bits per heavy atom. The van der Waals surface area contributed by atoms with Crippen molar-refractivity contribution in [2.24, 2.45) is 0 Å². The number of hydrogen-bond acceptors (Lipinski definition) is 6. The fourth-order valence-corrected chi connectivity index (χ4v) is 5.31. The summed E-state index contributed by atoms with van der Waals surface area (Å²) in [5.41, 5.74) is 0.922. The third-order valence-electron chi connectivity index (χ3n) is 7.13. The number of pyridine rings is 1. The smallest absolute Gasteiger partial charge is 0.257 e. The molecule has 0 spiro atoms. The lowest BCUT2D eigenvalue weighted by Crippen LogP contribution is -2.62. The minimum absolute atomic E-state index is 0.00107. The zero-order valence-corrected chi connectivity index (χ0v) is 19.1. The zero-order chi connectivity index (χ0) is 23.9. The van der Waals surface area contributed by atoms with Gasteiger partial charge in [-0.2, -0.15) is 5.26 Å². The van der Waals surface area contributed by atoms with Gasteiger partial charge in [0.25, 0.3) is 5.91 Å². The van der Waals surface area contributed by atoms with Gasteiger partial charge in [-0.1, -0.05) is 12.1 Å². The third kappa shape index (κ3) is 3.46. The average Bonchev–Trinajstić information content (AvgIpc) is 3.18. The van der Waals surface area contributed by atoms with E-state index in [1.807, 2.05) is 24.0 Å². The highest BCUT2D eigenvalue weighted by Crippen LogP contribution is 2.44. The second-order valence-corrected chi connectivity index (χ2v) is 9.02. The Bertz CT molecular complexity index is 1200. The number of aromatic nitrogens is 1. The van der Waals surface area contributed by atoms with Crippen LogP contribution in [0, 0.1) is 11.3 Å². The third-order valence-corrected chi connectivity index (χ3v) is 7.13. The van der Waals surface area contributed by atoms with Crippen molar-refractivity contribution in [2.45, 2.75) is 31.8 Å². The standard InChI is InChI=1S/C25H26N6O3/c1-25-10-8-22(33)31(25)20-7-3-2-6-19(20)24(34)30(25)12-9-21(32)28-13-15-29(16-14-28)23-18(17-26)5-4-11-27-23/h2-7,11H,8-10,12-16H2,1H3. The monoisotopic (exact) mass is 458 g/mol. The van der Waals surface area contributed by atoms with E-state index in [-0.39, 0.29) is 30.7 Å². The SMILES string of the molecule is CC12CCC(=O)N1c1ccccc1C(=O)N2CCC(=O)N1CCN(c2ncccc2C#N)CC1. The molecule has 9 heteroatoms. The number of benzene rings is 1. The lowest BCUT2D eigenvalue weighted by Gasteiger charge is -2.48. The van der Waals surface area contributed by atoms with Crippen molar-refractivity contribution in [3.63, 3.8) is 0 Å². The van der Waals surface area contributed by atoms with Crippen molar-refractivity contribution in [3.8, 4) is 6.07 Å². The molecular formula is C25H26N6O3. The van der Waals surface area contributed by atoms with Crippen molar-refractivity contribution < 1.29 is 14.4 Å². The molecular weight excluding hydrogens is 432 g/mol. The van der Waals surface area contributed by atoms with Crippen molar-refractivity contribution >= 4 is 29.2 Å². The molecule has 2 fully saturated rings. The van der Waals surface area contributed by atoms with Crippen LogP contribution < -0.4 is 9.80 Å². The molecule has 0 saturated carbocycles. The summed E-state index contributed by atoms with van der Waals surface area (Å²) < 4.78 is 0. The molecule has 9 nitrogen and oxygen atoms in total. The van der Waals surface area contributed by atoms with E-state index >= 15 is 0 Å². The number of para-hydroxylation sites is 1. The van der Waals surface area contributed by atoms with Crippen LogP contribution in [0.15, 0.2) is 42.6 Å². The van der Waals surface area contributed by atoms with Crippen LogP contribution in [0.4, 0.5) is 11.5 Å². The summed E-state index contributed by atoms with van der Waals surface area (Å²) in [6.07, 6.45) is 2.78. The molecule has 4 heterocycles. The topological polar surface area (TPSA) is 101 Å². The normalized spacial score (nSPS) is 21.9. The number of hydrogen-bond donors (Lipinski definition) is 0. The van der Waals surface area contributed by atoms with Gasteiger partial charge in [0.1, 0.15) is 17.5 Å². The average molecular weight is 459 g/mol. The van der Waals surface area contributed by atoms with Gasteiger partial charge >= 0.3 is 0 Å². The minimum atomic E-state index is -0.756. The van der Waals surface area contributed by atoms with Crippen molar-refractivity contribution in [3.05, 3.63) is 53.7 Å². The molecule has 174 valence electrons. The first-order valence-electron chi connectivity index (χ1n) is 11.6. The molecule has 0 radical (unpaired) electrons. The number of rotatable bonds is 4. The predicted octanol–water partition coefficient (Wildman–Crippen LogP) is 1.99. The molecule has 5 rings (SSSR count). The Balaban J connectivity index is 1.26. The van der Waals surface area contributed by atoms with E-state index in [1.165, 1.54) is 0 Å². The summed E-state index contributed by atoms with van der Waals surface area (Å²) in [5.74, 6) is 0.489. The van der Waals surface area contributed by atoms with Gasteiger partial charge in [0.15, 0.2) is 0 Å². The molecule has 1 aromatic heterocycles. The molecule has 3 amide bonds. The van der Waals surface area contributed by atoms with E-state index in [0.29, 0.717) is 61.7 Å². The summed E-state index contributed by atoms with van der Waals surface area (Å²) in [6, 6.07) is 12.8. The lowest BCUT2D eigenvalue weighted by molar-refractivity contribution is -0.131. The number of carbonyl (C=O) groups excluding carboxylic acids is 3. The number of piperazine rings is 1. The van der Waals surface area contributed by atoms with Gasteiger partial charge in [-0.15, -0.1) is 0 Å². The molecule has 3 aliphatic heterocycles. The Morgan fingerprint density at radius 1 is 1.12 bits per heavy atom. The molecule has 0 bridgehead atoms. The molecule has 2 aromatic rings. The Morgan fingerprint density at radius 2 is 1.88 bits per heavy atom. The Kier molecular flexibility index (Phi) is 5.44. The molecule has 34 heavy (non-hydrogen) atoms. The van der Waals surface area contributed by atoms with Gasteiger partial charge in [-0.05, 0) is 37.6 Å². The summed E-state index contributed by atoms with van der Waals surface area (Å²) in [6.45, 7) is 4.40. The van der Waals surface area contributed by atoms with Gasteiger partial charge in [-0.25, -0.2) is 4.98 Å². The highest BCUT2D eigenvalue weighted by Gasteiger charge is 2.52. The van der Waals surface area contributed by atoms with E-state index < -0.39 is 5.66 Å². The number of nitriles is 1. The number of fused-ring (bicyclic) bond motifs is 3. The van der Waals surface area contributed by atoms with Gasteiger partial charge < -0.3 is 14.7 Å². The van der Waals surface area contributed by atoms with Crippen LogP contribution in [0.5, 0.6) is 0 Å². The largest absolute Gasteiger partial charge is 0.352 e. The van der Waals surface area contributed by atoms with Crippen LogP contribution in [0.2, 0.25) is 0 Å². The Labute approximate surface area is 198 Å². The van der Waals surface area contributed by atoms with Crippen LogP contribution in [0.3, 0.4) is 0 Å². The van der Waals surface area contributed by atoms with Crippen LogP contribution in [0.25, 0.3) is 0 Å². The first-order valence-corrected chi connectivity index (χ1v) is 11.6. The zero-order valence-electron chi connectivity index (χ0n) is 19.1. The van der Waals surface area contributed by atoms with E-state index in [1.54, 1.807) is 45.2 Å². The van der Waals surface area contributed by atoms with E-state index in [9.17, 15) is 19.6 Å². The predicted molar refractivity (Wildman–Crippen MR) is 125 cm³/mol. The molecule has 2 saturated heterocycles. The van der Waals surface area contributed by atoms with Crippen molar-refractivity contribution in [1.29, 1.82) is 5.26 Å². The van der Waals surface area contributed by atoms with Gasteiger partial charge in [0.05, 0.1) is 16.8 Å². The summed E-state index contributed by atoms with van der Waals surface area (Å²) in [4.78, 5) is 50.7. The maximum absolute atomic E-state index is 13.3. The molecule has 3 aliphatic rings. The Hall–Kier alpha value is -3.93. The van der Waals surface area contributed by atoms with Gasteiger partial charge in [0, 0.05) is 51.8 Å². The van der Waals surface area contributed by atoms with Gasteiger partial charge in [-0.3, -0.25) is 19.3 Å². The lowest BCUT2D eigenvalue weighted by atomic mass is 9.98. The van der Waals surface area contributed by atoms with Crippen molar-refractivity contribution in [2.75, 3.05) is 42.5 Å². The molecule has 1 unspecified atom stereocenters. The number of nitrogens with zero attached hydrogens (tertiary/aromatic N) is 6. The highest BCUT2D eigenvalue weighted by molar-refractivity contribution is 6.10. The quantitative estimate of drug-likeness (QED) is 0.695. The van der Waals surface area contributed by atoms with E-state index in [4.69, 9.17) is 0 Å². The maximum atomic E-state index is 13.3. The highest BCUT2D eigenvalue weighted by atomic mass is 16.2. The molecule has 1 atom stereocenters. The van der Waals surface area contributed by atoms with Crippen LogP contribution >= 0.6 is 0 Å². The second-order valence-electron chi connectivity index (χ2n) is 9.02. The van der Waals surface area contributed by atoms with Crippen LogP contribution in [0.1, 0.15) is 42.1 Å². The summed E-state index contributed by atoms with van der Waals surface area (Å²) in [5, 5.41) is 9.33. The van der Waals surface area contributed by atoms with Crippen LogP contribution in [-0.2, 0) is 9.59 Å². The fraction of sp³-hybridized carbons (Fsp3) is 0.400. The minimum Gasteiger partial charge on any atom is -0.352 e. The fourth-order valence-electron chi connectivity index (χ4n) is 5.31. The molecule has 0 aliphatic carbocycles. The van der Waals surface area contributed by atoms with Crippen molar-refractivity contribution in [1.82, 2.24) is 14.8 Å². The van der Waals surface area contributed by atoms with Crippen LogP contribution in [-0.4, -0.2) is 70.9 Å². The molecule has 1 aromatic carbocycles. The van der Waals surface area contributed by atoms with E-state index in [0.717, 1.165) is 0 Å². The second kappa shape index (κ2) is 8.45. The van der Waals surface area contributed by atoms with E-state index in [2.05, 4.69) is 11.1 Å². The first-order chi connectivity index (χ1) is 16.4. The summed E-state index contributed by atoms with van der Waals surface area (Å²) in [7, 11) is 0. The summed E-state index contributed by atoms with van der Waals surface area (Å²) >= 11 is 0. The number of amides is 3. The first kappa shape index (κ1) is 21.9.